The van der Waals surface area contributed by atoms with Gasteiger partial charge >= 0.3 is 6.09 Å². The van der Waals surface area contributed by atoms with E-state index in [2.05, 4.69) is 10.6 Å². The van der Waals surface area contributed by atoms with Gasteiger partial charge in [-0.2, -0.15) is 0 Å². The molecule has 7 nitrogen and oxygen atoms in total. The molecule has 1 fully saturated rings. The number of amides is 2. The number of anilines is 1. The Morgan fingerprint density at radius 1 is 1.07 bits per heavy atom. The average molecular weight is 416 g/mol. The van der Waals surface area contributed by atoms with Gasteiger partial charge in [0.1, 0.15) is 11.9 Å². The Morgan fingerprint density at radius 3 is 2.53 bits per heavy atom. The van der Waals surface area contributed by atoms with Gasteiger partial charge in [0.25, 0.3) is 5.91 Å². The quantitative estimate of drug-likeness (QED) is 0.715. The lowest BCUT2D eigenvalue weighted by atomic mass is 9.93. The molecule has 0 aromatic heterocycles. The van der Waals surface area contributed by atoms with Crippen LogP contribution in [0.2, 0.25) is 0 Å². The molecule has 1 saturated carbocycles. The van der Waals surface area contributed by atoms with Crippen LogP contribution >= 0.6 is 0 Å². The van der Waals surface area contributed by atoms with E-state index in [0.717, 1.165) is 19.3 Å². The van der Waals surface area contributed by atoms with E-state index in [9.17, 15) is 14.0 Å². The summed E-state index contributed by atoms with van der Waals surface area (Å²) >= 11 is 0. The number of hydrogen-bond acceptors (Lipinski definition) is 5. The maximum atomic E-state index is 12.9. The van der Waals surface area contributed by atoms with E-state index < -0.39 is 6.09 Å². The number of hydrogen-bond donors (Lipinski definition) is 2. The second kappa shape index (κ2) is 10.5. The van der Waals surface area contributed by atoms with Crippen molar-refractivity contribution in [3.8, 4) is 11.5 Å². The van der Waals surface area contributed by atoms with Gasteiger partial charge in [-0.05, 0) is 55.7 Å². The zero-order valence-corrected chi connectivity index (χ0v) is 16.7. The fourth-order valence-electron chi connectivity index (χ4n) is 3.37. The normalized spacial score (nSPS) is 18.2. The number of halogens is 1. The van der Waals surface area contributed by atoms with E-state index in [0.29, 0.717) is 23.6 Å². The molecule has 1 aliphatic carbocycles. The molecule has 2 N–H and O–H groups in total. The summed E-state index contributed by atoms with van der Waals surface area (Å²) in [5, 5.41) is 5.50. The molecular weight excluding hydrogens is 391 g/mol. The van der Waals surface area contributed by atoms with Crippen molar-refractivity contribution in [2.45, 2.75) is 37.8 Å². The molecule has 3 rings (SSSR count). The van der Waals surface area contributed by atoms with Gasteiger partial charge in [-0.3, -0.25) is 10.1 Å². The van der Waals surface area contributed by atoms with Crippen LogP contribution in [0.15, 0.2) is 48.5 Å². The van der Waals surface area contributed by atoms with Crippen molar-refractivity contribution in [2.75, 3.05) is 19.0 Å². The number of methoxy groups -OCH3 is 1. The second-order valence-electron chi connectivity index (χ2n) is 7.03. The highest BCUT2D eigenvalue weighted by atomic mass is 19.1. The summed E-state index contributed by atoms with van der Waals surface area (Å²) in [5.74, 6) is 0.429. The maximum Gasteiger partial charge on any atom is 0.411 e. The van der Waals surface area contributed by atoms with Gasteiger partial charge in [0.2, 0.25) is 0 Å². The van der Waals surface area contributed by atoms with Gasteiger partial charge < -0.3 is 19.5 Å². The molecular formula is C22H25FN2O5. The molecule has 0 saturated heterocycles. The molecule has 2 aromatic rings. The summed E-state index contributed by atoms with van der Waals surface area (Å²) < 4.78 is 29.1. The van der Waals surface area contributed by atoms with Gasteiger partial charge in [0, 0.05) is 18.2 Å². The lowest BCUT2D eigenvalue weighted by Crippen LogP contribution is -2.43. The van der Waals surface area contributed by atoms with E-state index >= 15 is 0 Å². The Hall–Kier alpha value is -3.29. The van der Waals surface area contributed by atoms with Crippen LogP contribution in [0.1, 0.15) is 25.7 Å². The standard InChI is InChI=1S/C22H25FN2O5/c1-28-19-7-2-3-8-20(19)29-14-21(26)24-17-5-4-6-18(13-17)30-22(27)25-16-11-9-15(23)10-12-16/h2-3,7-12,17-18H,4-6,13-14H2,1H3,(H,24,26)(H,25,27)/t17-,18-/m0/s1. The van der Waals surface area contributed by atoms with Crippen molar-refractivity contribution in [2.24, 2.45) is 0 Å². The van der Waals surface area contributed by atoms with Crippen LogP contribution in [0, 0.1) is 5.82 Å². The van der Waals surface area contributed by atoms with Crippen molar-refractivity contribution in [1.29, 1.82) is 0 Å². The zero-order valence-electron chi connectivity index (χ0n) is 16.7. The first-order valence-corrected chi connectivity index (χ1v) is 9.82. The first-order valence-electron chi connectivity index (χ1n) is 9.82. The van der Waals surface area contributed by atoms with Crippen LogP contribution in [-0.4, -0.2) is 37.9 Å². The highest BCUT2D eigenvalue weighted by molar-refractivity contribution is 5.84. The summed E-state index contributed by atoms with van der Waals surface area (Å²) in [6, 6.07) is 12.4. The molecule has 2 aromatic carbocycles. The van der Waals surface area contributed by atoms with E-state index in [1.807, 2.05) is 6.07 Å². The number of para-hydroxylation sites is 2. The minimum Gasteiger partial charge on any atom is -0.493 e. The predicted molar refractivity (Wildman–Crippen MR) is 109 cm³/mol. The number of benzene rings is 2. The molecule has 2 amide bonds. The summed E-state index contributed by atoms with van der Waals surface area (Å²) in [7, 11) is 1.54. The summed E-state index contributed by atoms with van der Waals surface area (Å²) in [4.78, 5) is 24.3. The van der Waals surface area contributed by atoms with Crippen LogP contribution < -0.4 is 20.1 Å². The SMILES string of the molecule is COc1ccccc1OCC(=O)N[C@H]1CCC[C@H](OC(=O)Nc2ccc(F)cc2)C1. The highest BCUT2D eigenvalue weighted by Crippen LogP contribution is 2.26. The Bertz CT molecular complexity index is 859. The van der Waals surface area contributed by atoms with Crippen molar-refractivity contribution in [1.82, 2.24) is 5.32 Å². The fourth-order valence-corrected chi connectivity index (χ4v) is 3.37. The van der Waals surface area contributed by atoms with Crippen LogP contribution in [0.5, 0.6) is 11.5 Å². The van der Waals surface area contributed by atoms with E-state index in [1.165, 1.54) is 31.4 Å². The molecule has 1 aliphatic rings. The van der Waals surface area contributed by atoms with Crippen molar-refractivity contribution < 1.29 is 28.2 Å². The number of rotatable bonds is 7. The van der Waals surface area contributed by atoms with Gasteiger partial charge in [-0.25, -0.2) is 9.18 Å². The van der Waals surface area contributed by atoms with Crippen LogP contribution in [0.4, 0.5) is 14.9 Å². The molecule has 0 aliphatic heterocycles. The fraction of sp³-hybridized carbons (Fsp3) is 0.364. The minimum absolute atomic E-state index is 0.101. The maximum absolute atomic E-state index is 12.9. The Kier molecular flexibility index (Phi) is 7.48. The molecule has 0 spiro atoms. The van der Waals surface area contributed by atoms with Crippen molar-refractivity contribution >= 4 is 17.7 Å². The molecule has 0 unspecified atom stereocenters. The van der Waals surface area contributed by atoms with Gasteiger partial charge in [0.05, 0.1) is 7.11 Å². The number of carbonyl (C=O) groups excluding carboxylic acids is 2. The molecule has 0 bridgehead atoms. The average Bonchev–Trinajstić information content (AvgIpc) is 2.74. The monoisotopic (exact) mass is 416 g/mol. The largest absolute Gasteiger partial charge is 0.493 e. The lowest BCUT2D eigenvalue weighted by molar-refractivity contribution is -0.124. The Labute approximate surface area is 174 Å². The Morgan fingerprint density at radius 2 is 1.80 bits per heavy atom. The Balaban J connectivity index is 1.43. The molecule has 30 heavy (non-hydrogen) atoms. The first-order chi connectivity index (χ1) is 14.5. The molecule has 0 radical (unpaired) electrons. The zero-order chi connectivity index (χ0) is 21.3. The van der Waals surface area contributed by atoms with Crippen LogP contribution in [0.3, 0.4) is 0 Å². The van der Waals surface area contributed by atoms with E-state index in [-0.39, 0.29) is 30.5 Å². The number of carbonyl (C=O) groups is 2. The second-order valence-corrected chi connectivity index (χ2v) is 7.03. The summed E-state index contributed by atoms with van der Waals surface area (Å²) in [5.41, 5.74) is 0.454. The third-order valence-electron chi connectivity index (χ3n) is 4.78. The van der Waals surface area contributed by atoms with Crippen molar-refractivity contribution in [3.05, 3.63) is 54.3 Å². The highest BCUT2D eigenvalue weighted by Gasteiger charge is 2.26. The van der Waals surface area contributed by atoms with E-state index in [1.54, 1.807) is 18.2 Å². The molecule has 160 valence electrons. The number of nitrogens with one attached hydrogen (secondary N) is 2. The lowest BCUT2D eigenvalue weighted by Gasteiger charge is -2.29. The third kappa shape index (κ3) is 6.37. The van der Waals surface area contributed by atoms with Crippen molar-refractivity contribution in [3.63, 3.8) is 0 Å². The van der Waals surface area contributed by atoms with E-state index in [4.69, 9.17) is 14.2 Å². The van der Waals surface area contributed by atoms with Crippen LogP contribution in [0.25, 0.3) is 0 Å². The topological polar surface area (TPSA) is 85.9 Å². The summed E-state index contributed by atoms with van der Waals surface area (Å²) in [6.07, 6.45) is 1.97. The first kappa shape index (κ1) is 21.4. The predicted octanol–water partition coefficient (Wildman–Crippen LogP) is 3.89. The number of ether oxygens (including phenoxy) is 3. The van der Waals surface area contributed by atoms with Gasteiger partial charge in [-0.15, -0.1) is 0 Å². The van der Waals surface area contributed by atoms with Crippen LogP contribution in [-0.2, 0) is 9.53 Å². The molecule has 2 atom stereocenters. The van der Waals surface area contributed by atoms with Gasteiger partial charge in [-0.1, -0.05) is 12.1 Å². The minimum atomic E-state index is -0.599. The molecule has 8 heteroatoms. The van der Waals surface area contributed by atoms with Gasteiger partial charge in [0.15, 0.2) is 18.1 Å². The third-order valence-corrected chi connectivity index (χ3v) is 4.78. The molecule has 0 heterocycles. The summed E-state index contributed by atoms with van der Waals surface area (Å²) in [6.45, 7) is -0.131. The smallest absolute Gasteiger partial charge is 0.411 e.